The second kappa shape index (κ2) is 6.55. The van der Waals surface area contributed by atoms with Gasteiger partial charge in [-0.1, -0.05) is 12.1 Å². The quantitative estimate of drug-likeness (QED) is 0.724. The van der Waals surface area contributed by atoms with Gasteiger partial charge in [-0.2, -0.15) is 0 Å². The maximum atomic E-state index is 13.1. The van der Waals surface area contributed by atoms with Crippen LogP contribution in [0.5, 0.6) is 5.75 Å². The number of hydrogen-bond acceptors (Lipinski definition) is 4. The number of methoxy groups -OCH3 is 1. The molecule has 0 saturated carbocycles. The van der Waals surface area contributed by atoms with Crippen LogP contribution in [0, 0.1) is 12.7 Å². The summed E-state index contributed by atoms with van der Waals surface area (Å²) < 4.78 is 20.5. The van der Waals surface area contributed by atoms with Crippen LogP contribution in [0.4, 0.5) is 4.39 Å². The normalized spacial score (nSPS) is 13.5. The lowest BCUT2D eigenvalue weighted by Gasteiger charge is -2.10. The summed E-state index contributed by atoms with van der Waals surface area (Å²) in [7, 11) is 1.63. The van der Waals surface area contributed by atoms with Crippen molar-refractivity contribution in [2.75, 3.05) is 13.7 Å². The molecule has 1 aliphatic rings. The van der Waals surface area contributed by atoms with E-state index in [0.717, 1.165) is 28.2 Å². The van der Waals surface area contributed by atoms with E-state index in [4.69, 9.17) is 4.74 Å². The lowest BCUT2D eigenvalue weighted by molar-refractivity contribution is 0.413. The van der Waals surface area contributed by atoms with Gasteiger partial charge >= 0.3 is 0 Å². The molecule has 4 rings (SSSR count). The van der Waals surface area contributed by atoms with Crippen molar-refractivity contribution in [1.29, 1.82) is 0 Å². The summed E-state index contributed by atoms with van der Waals surface area (Å²) in [6.45, 7) is 2.42. The second-order valence-corrected chi connectivity index (χ2v) is 6.01. The molecule has 0 unspecified atom stereocenters. The molecule has 0 bridgehead atoms. The Morgan fingerprint density at radius 2 is 1.85 bits per heavy atom. The lowest BCUT2D eigenvalue weighted by atomic mass is 10.1. The first-order chi connectivity index (χ1) is 12.6. The highest BCUT2D eigenvalue weighted by Crippen LogP contribution is 2.26. The number of aromatic nitrogens is 2. The fourth-order valence-corrected chi connectivity index (χ4v) is 2.89. The molecule has 0 amide bonds. The Labute approximate surface area is 150 Å². The van der Waals surface area contributed by atoms with Crippen LogP contribution >= 0.6 is 0 Å². The largest absolute Gasteiger partial charge is 0.495 e. The first kappa shape index (κ1) is 16.2. The molecule has 1 aromatic heterocycles. The Kier molecular flexibility index (Phi) is 4.08. The van der Waals surface area contributed by atoms with E-state index < -0.39 is 0 Å². The van der Waals surface area contributed by atoms with E-state index >= 15 is 0 Å². The topological polar surface area (TPSA) is 51.8 Å². The average molecular weight is 348 g/mol. The van der Waals surface area contributed by atoms with E-state index in [0.29, 0.717) is 18.1 Å². The standard InChI is InChI=1S/C20H17FN4O/c1-13-11-25(12-23-13)18-8-5-15(9-19(18)26-2)20-22-10-17(24-20)14-3-6-16(21)7-4-14/h3-9,11-12H,10H2,1-2H3. The van der Waals surface area contributed by atoms with Gasteiger partial charge in [0.1, 0.15) is 11.6 Å². The predicted octanol–water partition coefficient (Wildman–Crippen LogP) is 3.58. The summed E-state index contributed by atoms with van der Waals surface area (Å²) in [4.78, 5) is 13.4. The molecule has 5 nitrogen and oxygen atoms in total. The Balaban J connectivity index is 1.65. The van der Waals surface area contributed by atoms with Crippen molar-refractivity contribution in [2.24, 2.45) is 9.98 Å². The number of aryl methyl sites for hydroxylation is 1. The summed E-state index contributed by atoms with van der Waals surface area (Å²) in [5.74, 6) is 1.10. The van der Waals surface area contributed by atoms with Gasteiger partial charge in [-0.25, -0.2) is 14.4 Å². The monoisotopic (exact) mass is 348 g/mol. The van der Waals surface area contributed by atoms with Crippen molar-refractivity contribution in [2.45, 2.75) is 6.92 Å². The molecule has 2 heterocycles. The maximum absolute atomic E-state index is 13.1. The number of amidine groups is 1. The van der Waals surface area contributed by atoms with Crippen molar-refractivity contribution in [3.05, 3.63) is 77.6 Å². The third-order valence-electron chi connectivity index (χ3n) is 4.22. The Hall–Kier alpha value is -3.28. The summed E-state index contributed by atoms with van der Waals surface area (Å²) in [6.07, 6.45) is 3.69. The number of aliphatic imine (C=N–C) groups is 2. The maximum Gasteiger partial charge on any atom is 0.155 e. The molecule has 26 heavy (non-hydrogen) atoms. The first-order valence-corrected chi connectivity index (χ1v) is 8.21. The van der Waals surface area contributed by atoms with Crippen molar-refractivity contribution in [3.8, 4) is 11.4 Å². The molecule has 0 aliphatic carbocycles. The van der Waals surface area contributed by atoms with Crippen LogP contribution in [0.1, 0.15) is 16.8 Å². The summed E-state index contributed by atoms with van der Waals surface area (Å²) >= 11 is 0. The fourth-order valence-electron chi connectivity index (χ4n) is 2.89. The zero-order chi connectivity index (χ0) is 18.1. The van der Waals surface area contributed by atoms with E-state index in [1.165, 1.54) is 12.1 Å². The summed E-state index contributed by atoms with van der Waals surface area (Å²) in [5.41, 5.74) is 4.42. The third-order valence-corrected chi connectivity index (χ3v) is 4.22. The van der Waals surface area contributed by atoms with Crippen LogP contribution in [-0.2, 0) is 0 Å². The number of rotatable bonds is 4. The molecule has 0 N–H and O–H groups in total. The van der Waals surface area contributed by atoms with Gasteiger partial charge in [0, 0.05) is 11.8 Å². The van der Waals surface area contributed by atoms with Crippen LogP contribution < -0.4 is 4.74 Å². The Morgan fingerprint density at radius 3 is 2.54 bits per heavy atom. The van der Waals surface area contributed by atoms with Crippen LogP contribution in [0.3, 0.4) is 0 Å². The first-order valence-electron chi connectivity index (χ1n) is 8.21. The molecule has 130 valence electrons. The van der Waals surface area contributed by atoms with Crippen LogP contribution in [-0.4, -0.2) is 34.8 Å². The predicted molar refractivity (Wildman–Crippen MR) is 99.2 cm³/mol. The van der Waals surface area contributed by atoms with E-state index in [2.05, 4.69) is 15.0 Å². The Morgan fingerprint density at radius 1 is 1.08 bits per heavy atom. The molecule has 0 fully saturated rings. The van der Waals surface area contributed by atoms with E-state index in [1.807, 2.05) is 35.9 Å². The second-order valence-electron chi connectivity index (χ2n) is 6.01. The highest BCUT2D eigenvalue weighted by Gasteiger charge is 2.16. The molecule has 1 aliphatic heterocycles. The van der Waals surface area contributed by atoms with Gasteiger partial charge < -0.3 is 9.30 Å². The number of imidazole rings is 1. The molecule has 0 radical (unpaired) electrons. The molecular formula is C20H17FN4O. The molecule has 0 atom stereocenters. The van der Waals surface area contributed by atoms with Gasteiger partial charge in [-0.15, -0.1) is 0 Å². The van der Waals surface area contributed by atoms with E-state index in [1.54, 1.807) is 25.6 Å². The van der Waals surface area contributed by atoms with Crippen molar-refractivity contribution >= 4 is 11.5 Å². The molecule has 0 spiro atoms. The SMILES string of the molecule is COc1cc(C2=NCC(c3ccc(F)cc3)=N2)ccc1-n1cnc(C)c1. The van der Waals surface area contributed by atoms with Crippen molar-refractivity contribution in [1.82, 2.24) is 9.55 Å². The number of ether oxygens (including phenoxy) is 1. The van der Waals surface area contributed by atoms with Gasteiger partial charge in [0.2, 0.25) is 0 Å². The number of benzene rings is 2. The van der Waals surface area contributed by atoms with E-state index in [-0.39, 0.29) is 5.82 Å². The average Bonchev–Trinajstić information content (AvgIpc) is 3.31. The van der Waals surface area contributed by atoms with Gasteiger partial charge in [-0.3, -0.25) is 4.99 Å². The minimum absolute atomic E-state index is 0.261. The summed E-state index contributed by atoms with van der Waals surface area (Å²) in [5, 5.41) is 0. The zero-order valence-corrected chi connectivity index (χ0v) is 14.5. The highest BCUT2D eigenvalue weighted by atomic mass is 19.1. The number of halogens is 1. The molecular weight excluding hydrogens is 331 g/mol. The Bertz CT molecular complexity index is 1020. The minimum Gasteiger partial charge on any atom is -0.495 e. The van der Waals surface area contributed by atoms with Gasteiger partial charge in [0.05, 0.1) is 37.1 Å². The van der Waals surface area contributed by atoms with Crippen LogP contribution in [0.25, 0.3) is 5.69 Å². The van der Waals surface area contributed by atoms with Gasteiger partial charge in [0.25, 0.3) is 0 Å². The molecule has 0 saturated heterocycles. The van der Waals surface area contributed by atoms with E-state index in [9.17, 15) is 4.39 Å². The highest BCUT2D eigenvalue weighted by molar-refractivity contribution is 6.17. The van der Waals surface area contributed by atoms with Gasteiger partial charge in [0.15, 0.2) is 5.84 Å². The van der Waals surface area contributed by atoms with Crippen LogP contribution in [0.15, 0.2) is 65.0 Å². The molecule has 6 heteroatoms. The van der Waals surface area contributed by atoms with Gasteiger partial charge in [-0.05, 0) is 42.8 Å². The molecule has 3 aromatic rings. The number of nitrogens with zero attached hydrogens (tertiary/aromatic N) is 4. The lowest BCUT2D eigenvalue weighted by Crippen LogP contribution is -2.02. The third kappa shape index (κ3) is 3.01. The zero-order valence-electron chi connectivity index (χ0n) is 14.5. The smallest absolute Gasteiger partial charge is 0.155 e. The van der Waals surface area contributed by atoms with Crippen molar-refractivity contribution < 1.29 is 9.13 Å². The summed E-state index contributed by atoms with van der Waals surface area (Å²) in [6, 6.07) is 12.1. The van der Waals surface area contributed by atoms with Crippen LogP contribution in [0.2, 0.25) is 0 Å². The number of hydrogen-bond donors (Lipinski definition) is 0. The fraction of sp³-hybridized carbons (Fsp3) is 0.150. The van der Waals surface area contributed by atoms with Crippen molar-refractivity contribution in [3.63, 3.8) is 0 Å². The minimum atomic E-state index is -0.261. The molecule has 2 aromatic carbocycles.